The van der Waals surface area contributed by atoms with Gasteiger partial charge in [-0.1, -0.05) is 30.3 Å². The van der Waals surface area contributed by atoms with Crippen LogP contribution < -0.4 is 5.32 Å². The second-order valence-corrected chi connectivity index (χ2v) is 3.26. The quantitative estimate of drug-likeness (QED) is 0.735. The van der Waals surface area contributed by atoms with E-state index in [0.29, 0.717) is 13.0 Å². The lowest BCUT2D eigenvalue weighted by Crippen LogP contribution is -2.22. The Kier molecular flexibility index (Phi) is 3.28. The number of hydrogen-bond acceptors (Lipinski definition) is 1. The van der Waals surface area contributed by atoms with Crippen molar-refractivity contribution < 1.29 is 4.39 Å². The van der Waals surface area contributed by atoms with E-state index in [1.54, 1.807) is 0 Å². The van der Waals surface area contributed by atoms with Gasteiger partial charge in [0.15, 0.2) is 0 Å². The van der Waals surface area contributed by atoms with Crippen molar-refractivity contribution in [3.63, 3.8) is 0 Å². The van der Waals surface area contributed by atoms with Crippen LogP contribution in [-0.2, 0) is 5.67 Å². The van der Waals surface area contributed by atoms with Gasteiger partial charge in [-0.05, 0) is 18.5 Å². The molecule has 1 atom stereocenters. The molecule has 0 aliphatic carbocycles. The van der Waals surface area contributed by atoms with Crippen molar-refractivity contribution in [3.05, 3.63) is 35.9 Å². The molecule has 1 aliphatic rings. The molecule has 0 spiro atoms. The molecule has 1 saturated heterocycles. The van der Waals surface area contributed by atoms with E-state index in [1.165, 1.54) is 0 Å². The Hall–Kier alpha value is -0.600. The SMILES string of the molecule is Cl.FC1(c2ccccc2)CCNC1. The normalized spacial score (nSPS) is 26.8. The fraction of sp³-hybridized carbons (Fsp3) is 0.400. The van der Waals surface area contributed by atoms with Gasteiger partial charge in [-0.15, -0.1) is 12.4 Å². The molecule has 1 N–H and O–H groups in total. The van der Waals surface area contributed by atoms with Crippen molar-refractivity contribution in [1.29, 1.82) is 0 Å². The van der Waals surface area contributed by atoms with Gasteiger partial charge in [-0.25, -0.2) is 4.39 Å². The molecule has 0 amide bonds. The van der Waals surface area contributed by atoms with E-state index in [1.807, 2.05) is 30.3 Å². The molecule has 0 aromatic heterocycles. The van der Waals surface area contributed by atoms with Crippen LogP contribution in [0.4, 0.5) is 4.39 Å². The summed E-state index contributed by atoms with van der Waals surface area (Å²) in [6.07, 6.45) is 0.594. The Bertz CT molecular complexity index is 257. The topological polar surface area (TPSA) is 12.0 Å². The molecule has 2 rings (SSSR count). The maximum absolute atomic E-state index is 14.0. The van der Waals surface area contributed by atoms with Crippen LogP contribution in [-0.4, -0.2) is 13.1 Å². The molecule has 13 heavy (non-hydrogen) atoms. The zero-order valence-electron chi connectivity index (χ0n) is 7.29. The minimum atomic E-state index is -1.12. The molecule has 72 valence electrons. The molecule has 1 aliphatic heterocycles. The standard InChI is InChI=1S/C10H12FN.ClH/c11-10(6-7-12-8-10)9-4-2-1-3-5-9;/h1-5,12H,6-8H2;1H. The monoisotopic (exact) mass is 201 g/mol. The average Bonchev–Trinajstić information content (AvgIpc) is 2.55. The molecule has 0 saturated carbocycles. The van der Waals surface area contributed by atoms with E-state index < -0.39 is 5.67 Å². The predicted octanol–water partition coefficient (Wildman–Crippen LogP) is 2.27. The Morgan fingerprint density at radius 3 is 2.46 bits per heavy atom. The molecule has 0 bridgehead atoms. The zero-order valence-corrected chi connectivity index (χ0v) is 8.11. The van der Waals surface area contributed by atoms with E-state index in [2.05, 4.69) is 5.32 Å². The number of hydrogen-bond donors (Lipinski definition) is 1. The van der Waals surface area contributed by atoms with Gasteiger partial charge in [-0.3, -0.25) is 0 Å². The van der Waals surface area contributed by atoms with Crippen LogP contribution >= 0.6 is 12.4 Å². The fourth-order valence-corrected chi connectivity index (χ4v) is 1.64. The van der Waals surface area contributed by atoms with Gasteiger partial charge in [0.2, 0.25) is 0 Å². The van der Waals surface area contributed by atoms with Crippen LogP contribution in [0.3, 0.4) is 0 Å². The summed E-state index contributed by atoms with van der Waals surface area (Å²) >= 11 is 0. The number of rotatable bonds is 1. The molecular formula is C10H13ClFN. The lowest BCUT2D eigenvalue weighted by molar-refractivity contribution is 0.193. The summed E-state index contributed by atoms with van der Waals surface area (Å²) in [4.78, 5) is 0. The van der Waals surface area contributed by atoms with E-state index >= 15 is 0 Å². The van der Waals surface area contributed by atoms with Gasteiger partial charge < -0.3 is 5.32 Å². The van der Waals surface area contributed by atoms with Crippen LogP contribution in [0.5, 0.6) is 0 Å². The van der Waals surface area contributed by atoms with E-state index in [4.69, 9.17) is 0 Å². The highest BCUT2D eigenvalue weighted by molar-refractivity contribution is 5.85. The third-order valence-corrected chi connectivity index (χ3v) is 2.39. The Labute approximate surface area is 83.8 Å². The fourth-order valence-electron chi connectivity index (χ4n) is 1.64. The molecule has 1 heterocycles. The van der Waals surface area contributed by atoms with Crippen molar-refractivity contribution >= 4 is 12.4 Å². The molecule has 1 nitrogen and oxygen atoms in total. The molecular weight excluding hydrogens is 189 g/mol. The summed E-state index contributed by atoms with van der Waals surface area (Å²) in [6, 6.07) is 9.39. The van der Waals surface area contributed by atoms with Crippen LogP contribution in [0.2, 0.25) is 0 Å². The zero-order chi connectivity index (χ0) is 8.44. The molecule has 1 aromatic rings. The number of benzene rings is 1. The minimum Gasteiger partial charge on any atom is -0.313 e. The summed E-state index contributed by atoms with van der Waals surface area (Å²) in [5.41, 5.74) is -0.323. The summed E-state index contributed by atoms with van der Waals surface area (Å²) in [6.45, 7) is 1.24. The second-order valence-electron chi connectivity index (χ2n) is 3.26. The van der Waals surface area contributed by atoms with Gasteiger partial charge >= 0.3 is 0 Å². The average molecular weight is 202 g/mol. The van der Waals surface area contributed by atoms with Crippen molar-refractivity contribution in [1.82, 2.24) is 5.32 Å². The molecule has 3 heteroatoms. The van der Waals surface area contributed by atoms with Gasteiger partial charge in [0.1, 0.15) is 5.67 Å². The first kappa shape index (κ1) is 10.5. The van der Waals surface area contributed by atoms with Gasteiger partial charge in [0.25, 0.3) is 0 Å². The largest absolute Gasteiger partial charge is 0.313 e. The van der Waals surface area contributed by atoms with E-state index in [0.717, 1.165) is 12.1 Å². The molecule has 1 unspecified atom stereocenters. The third-order valence-electron chi connectivity index (χ3n) is 2.39. The summed E-state index contributed by atoms with van der Waals surface area (Å²) < 4.78 is 14.0. The lowest BCUT2D eigenvalue weighted by Gasteiger charge is -2.17. The highest BCUT2D eigenvalue weighted by Crippen LogP contribution is 2.31. The Morgan fingerprint density at radius 2 is 1.92 bits per heavy atom. The number of alkyl halides is 1. The van der Waals surface area contributed by atoms with Crippen molar-refractivity contribution in [3.8, 4) is 0 Å². The van der Waals surface area contributed by atoms with Gasteiger partial charge in [0.05, 0.1) is 0 Å². The van der Waals surface area contributed by atoms with Crippen LogP contribution in [0.15, 0.2) is 30.3 Å². The van der Waals surface area contributed by atoms with Gasteiger partial charge in [0, 0.05) is 6.54 Å². The number of nitrogens with one attached hydrogen (secondary N) is 1. The lowest BCUT2D eigenvalue weighted by atomic mass is 9.95. The van der Waals surface area contributed by atoms with E-state index in [-0.39, 0.29) is 12.4 Å². The Balaban J connectivity index is 0.000000845. The summed E-state index contributed by atoms with van der Waals surface area (Å²) in [7, 11) is 0. The summed E-state index contributed by atoms with van der Waals surface area (Å²) in [5.74, 6) is 0. The van der Waals surface area contributed by atoms with E-state index in [9.17, 15) is 4.39 Å². The number of halogens is 2. The second kappa shape index (κ2) is 4.07. The van der Waals surface area contributed by atoms with Crippen LogP contribution in [0.25, 0.3) is 0 Å². The molecule has 1 fully saturated rings. The van der Waals surface area contributed by atoms with Crippen molar-refractivity contribution in [2.75, 3.05) is 13.1 Å². The molecule has 1 aromatic carbocycles. The van der Waals surface area contributed by atoms with Gasteiger partial charge in [-0.2, -0.15) is 0 Å². The third kappa shape index (κ3) is 2.01. The van der Waals surface area contributed by atoms with Crippen molar-refractivity contribution in [2.45, 2.75) is 12.1 Å². The van der Waals surface area contributed by atoms with Crippen LogP contribution in [0.1, 0.15) is 12.0 Å². The smallest absolute Gasteiger partial charge is 0.149 e. The first-order chi connectivity index (χ1) is 5.81. The highest BCUT2D eigenvalue weighted by Gasteiger charge is 2.34. The van der Waals surface area contributed by atoms with Crippen molar-refractivity contribution in [2.24, 2.45) is 0 Å². The highest BCUT2D eigenvalue weighted by atomic mass is 35.5. The maximum atomic E-state index is 14.0. The van der Waals surface area contributed by atoms with Crippen LogP contribution in [0, 0.1) is 0 Å². The maximum Gasteiger partial charge on any atom is 0.149 e. The first-order valence-electron chi connectivity index (χ1n) is 4.26. The Morgan fingerprint density at radius 1 is 1.23 bits per heavy atom. The first-order valence-corrected chi connectivity index (χ1v) is 4.26. The minimum absolute atomic E-state index is 0. The summed E-state index contributed by atoms with van der Waals surface area (Å²) in [5, 5.41) is 3.04. The molecule has 0 radical (unpaired) electrons. The predicted molar refractivity (Wildman–Crippen MR) is 54.0 cm³/mol.